The number of hydrogen-bond donors (Lipinski definition) is 2. The molecular weight excluding hydrogens is 232 g/mol. The Balaban J connectivity index is 2.85. The molecule has 18 heavy (non-hydrogen) atoms. The SMILES string of the molecule is COc1cccc(OC)c1CC(=O)NC(C)CN. The largest absolute Gasteiger partial charge is 0.496 e. The summed E-state index contributed by atoms with van der Waals surface area (Å²) in [6.45, 7) is 2.27. The predicted octanol–water partition coefficient (Wildman–Crippen LogP) is 0.710. The first-order valence-electron chi connectivity index (χ1n) is 5.81. The van der Waals surface area contributed by atoms with E-state index in [0.29, 0.717) is 18.0 Å². The Kier molecular flexibility index (Phi) is 5.45. The van der Waals surface area contributed by atoms with E-state index in [0.717, 1.165) is 5.56 Å². The highest BCUT2D eigenvalue weighted by atomic mass is 16.5. The molecule has 1 amide bonds. The number of hydrogen-bond acceptors (Lipinski definition) is 4. The molecule has 1 unspecified atom stereocenters. The molecule has 0 aliphatic heterocycles. The first-order valence-corrected chi connectivity index (χ1v) is 5.81. The molecule has 100 valence electrons. The highest BCUT2D eigenvalue weighted by Crippen LogP contribution is 2.28. The molecule has 0 aliphatic rings. The molecule has 5 nitrogen and oxygen atoms in total. The minimum absolute atomic E-state index is 0.0433. The van der Waals surface area contributed by atoms with Gasteiger partial charge in [-0.2, -0.15) is 0 Å². The Labute approximate surface area is 107 Å². The molecule has 0 fully saturated rings. The Bertz CT molecular complexity index is 385. The average molecular weight is 252 g/mol. The standard InChI is InChI=1S/C13H20N2O3/c1-9(8-14)15-13(16)7-10-11(17-2)5-4-6-12(10)18-3/h4-6,9H,7-8,14H2,1-3H3,(H,15,16). The van der Waals surface area contributed by atoms with Crippen molar-refractivity contribution in [2.45, 2.75) is 19.4 Å². The lowest BCUT2D eigenvalue weighted by Gasteiger charge is -2.15. The Morgan fingerprint density at radius 2 is 1.89 bits per heavy atom. The van der Waals surface area contributed by atoms with Crippen LogP contribution in [0.3, 0.4) is 0 Å². The van der Waals surface area contributed by atoms with Gasteiger partial charge in [-0.05, 0) is 19.1 Å². The summed E-state index contributed by atoms with van der Waals surface area (Å²) >= 11 is 0. The zero-order valence-electron chi connectivity index (χ0n) is 11.0. The van der Waals surface area contributed by atoms with Crippen molar-refractivity contribution >= 4 is 5.91 Å². The van der Waals surface area contributed by atoms with Gasteiger partial charge in [-0.25, -0.2) is 0 Å². The summed E-state index contributed by atoms with van der Waals surface area (Å²) in [5, 5.41) is 2.81. The van der Waals surface area contributed by atoms with Crippen LogP contribution in [0.2, 0.25) is 0 Å². The number of carbonyl (C=O) groups excluding carboxylic acids is 1. The minimum Gasteiger partial charge on any atom is -0.496 e. The van der Waals surface area contributed by atoms with E-state index in [9.17, 15) is 4.79 Å². The summed E-state index contributed by atoms with van der Waals surface area (Å²) in [5.41, 5.74) is 6.20. The predicted molar refractivity (Wildman–Crippen MR) is 69.9 cm³/mol. The van der Waals surface area contributed by atoms with Crippen molar-refractivity contribution in [2.24, 2.45) is 5.73 Å². The van der Waals surface area contributed by atoms with Crippen LogP contribution in [0.15, 0.2) is 18.2 Å². The number of rotatable bonds is 6. The van der Waals surface area contributed by atoms with Gasteiger partial charge in [0.05, 0.1) is 20.6 Å². The number of ether oxygens (including phenoxy) is 2. The summed E-state index contributed by atoms with van der Waals surface area (Å²) in [4.78, 5) is 11.8. The van der Waals surface area contributed by atoms with Crippen molar-refractivity contribution in [3.63, 3.8) is 0 Å². The van der Waals surface area contributed by atoms with Crippen LogP contribution in [0.1, 0.15) is 12.5 Å². The lowest BCUT2D eigenvalue weighted by atomic mass is 10.1. The molecule has 0 heterocycles. The van der Waals surface area contributed by atoms with E-state index in [1.54, 1.807) is 26.4 Å². The van der Waals surface area contributed by atoms with Crippen molar-refractivity contribution in [3.8, 4) is 11.5 Å². The van der Waals surface area contributed by atoms with E-state index in [1.165, 1.54) is 0 Å². The second kappa shape index (κ2) is 6.86. The summed E-state index contributed by atoms with van der Waals surface area (Å²) in [5.74, 6) is 1.19. The van der Waals surface area contributed by atoms with Gasteiger partial charge in [0.2, 0.25) is 5.91 Å². The number of methoxy groups -OCH3 is 2. The molecule has 0 saturated carbocycles. The van der Waals surface area contributed by atoms with Gasteiger partial charge in [-0.15, -0.1) is 0 Å². The average Bonchev–Trinajstić information content (AvgIpc) is 2.38. The number of amides is 1. The van der Waals surface area contributed by atoms with Gasteiger partial charge in [0.1, 0.15) is 11.5 Å². The van der Waals surface area contributed by atoms with Crippen LogP contribution in [-0.4, -0.2) is 32.7 Å². The molecular formula is C13H20N2O3. The van der Waals surface area contributed by atoms with Crippen molar-refractivity contribution in [3.05, 3.63) is 23.8 Å². The molecule has 5 heteroatoms. The molecule has 1 atom stereocenters. The van der Waals surface area contributed by atoms with E-state index in [1.807, 2.05) is 13.0 Å². The summed E-state index contributed by atoms with van der Waals surface area (Å²) in [7, 11) is 3.14. The molecule has 1 rings (SSSR count). The van der Waals surface area contributed by atoms with Crippen molar-refractivity contribution in [1.82, 2.24) is 5.32 Å². The highest BCUT2D eigenvalue weighted by molar-refractivity contribution is 5.80. The van der Waals surface area contributed by atoms with Gasteiger partial charge < -0.3 is 20.5 Å². The van der Waals surface area contributed by atoms with Crippen LogP contribution < -0.4 is 20.5 Å². The third-order valence-corrected chi connectivity index (χ3v) is 2.63. The third-order valence-electron chi connectivity index (χ3n) is 2.63. The van der Waals surface area contributed by atoms with E-state index < -0.39 is 0 Å². The van der Waals surface area contributed by atoms with Crippen LogP contribution >= 0.6 is 0 Å². The zero-order chi connectivity index (χ0) is 13.5. The van der Waals surface area contributed by atoms with Crippen molar-refractivity contribution < 1.29 is 14.3 Å². The van der Waals surface area contributed by atoms with Crippen molar-refractivity contribution in [2.75, 3.05) is 20.8 Å². The summed E-state index contributed by atoms with van der Waals surface area (Å²) in [6.07, 6.45) is 0.206. The van der Waals surface area contributed by atoms with Crippen molar-refractivity contribution in [1.29, 1.82) is 0 Å². The normalized spacial score (nSPS) is 11.8. The van der Waals surface area contributed by atoms with Gasteiger partial charge in [0, 0.05) is 18.2 Å². The maximum atomic E-state index is 11.8. The fourth-order valence-electron chi connectivity index (χ4n) is 1.65. The van der Waals surface area contributed by atoms with Gasteiger partial charge >= 0.3 is 0 Å². The van der Waals surface area contributed by atoms with Gasteiger partial charge in [-0.3, -0.25) is 4.79 Å². The monoisotopic (exact) mass is 252 g/mol. The molecule has 1 aromatic rings. The van der Waals surface area contributed by atoms with E-state index >= 15 is 0 Å². The number of nitrogens with two attached hydrogens (primary N) is 1. The zero-order valence-corrected chi connectivity index (χ0v) is 11.0. The molecule has 0 aromatic heterocycles. The highest BCUT2D eigenvalue weighted by Gasteiger charge is 2.14. The fraction of sp³-hybridized carbons (Fsp3) is 0.462. The van der Waals surface area contributed by atoms with Gasteiger partial charge in [-0.1, -0.05) is 6.07 Å². The Morgan fingerprint density at radius 3 is 2.33 bits per heavy atom. The molecule has 3 N–H and O–H groups in total. The first-order chi connectivity index (χ1) is 8.62. The molecule has 0 saturated heterocycles. The maximum absolute atomic E-state index is 11.8. The molecule has 1 aromatic carbocycles. The van der Waals surface area contributed by atoms with E-state index in [4.69, 9.17) is 15.2 Å². The minimum atomic E-state index is -0.101. The Morgan fingerprint density at radius 1 is 1.33 bits per heavy atom. The summed E-state index contributed by atoms with van der Waals surface area (Å²) < 4.78 is 10.5. The van der Waals surface area contributed by atoms with Gasteiger partial charge in [0.15, 0.2) is 0 Å². The topological polar surface area (TPSA) is 73.6 Å². The lowest BCUT2D eigenvalue weighted by molar-refractivity contribution is -0.121. The van der Waals surface area contributed by atoms with Crippen LogP contribution in [0.5, 0.6) is 11.5 Å². The first kappa shape index (κ1) is 14.3. The number of benzene rings is 1. The van der Waals surface area contributed by atoms with Crippen LogP contribution in [0.4, 0.5) is 0 Å². The van der Waals surface area contributed by atoms with E-state index in [-0.39, 0.29) is 18.4 Å². The smallest absolute Gasteiger partial charge is 0.224 e. The Hall–Kier alpha value is -1.75. The second-order valence-corrected chi connectivity index (χ2v) is 4.02. The molecule has 0 spiro atoms. The molecule has 0 bridgehead atoms. The number of carbonyl (C=O) groups is 1. The summed E-state index contributed by atoms with van der Waals surface area (Å²) in [6, 6.07) is 5.38. The lowest BCUT2D eigenvalue weighted by Crippen LogP contribution is -2.38. The second-order valence-electron chi connectivity index (χ2n) is 4.02. The third kappa shape index (κ3) is 3.63. The number of nitrogens with one attached hydrogen (secondary N) is 1. The van der Waals surface area contributed by atoms with Crippen LogP contribution in [-0.2, 0) is 11.2 Å². The maximum Gasteiger partial charge on any atom is 0.224 e. The van der Waals surface area contributed by atoms with Gasteiger partial charge in [0.25, 0.3) is 0 Å². The quantitative estimate of drug-likeness (QED) is 0.782. The van der Waals surface area contributed by atoms with Crippen LogP contribution in [0.25, 0.3) is 0 Å². The molecule has 0 aliphatic carbocycles. The van der Waals surface area contributed by atoms with Crippen LogP contribution in [0, 0.1) is 0 Å². The molecule has 0 radical (unpaired) electrons. The fourth-order valence-corrected chi connectivity index (χ4v) is 1.65. The van der Waals surface area contributed by atoms with E-state index in [2.05, 4.69) is 5.32 Å².